The minimum Gasteiger partial charge on any atom is -0.770 e. The van der Waals surface area contributed by atoms with Crippen molar-refractivity contribution in [2.45, 2.75) is 24.8 Å². The summed E-state index contributed by atoms with van der Waals surface area (Å²) < 4.78 is 68.3. The van der Waals surface area contributed by atoms with Gasteiger partial charge in [0.05, 0.1) is 12.2 Å². The first-order valence-electron chi connectivity index (χ1n) is 4.95. The summed E-state index contributed by atoms with van der Waals surface area (Å²) in [5, 5.41) is 10.8. The maximum Gasteiger partial charge on any atom is 0.471 e. The Kier molecular flexibility index (Phi) is 8.06. The molecule has 0 aromatic heterocycles. The van der Waals surface area contributed by atoms with Crippen LogP contribution in [0.3, 0.4) is 0 Å². The van der Waals surface area contributed by atoms with Gasteiger partial charge in [-0.05, 0) is 17.5 Å². The van der Waals surface area contributed by atoms with E-state index in [9.17, 15) is 27.5 Å². The number of nitrogens with one attached hydrogen (secondary N) is 1. The number of rotatable bonds is 4. The lowest BCUT2D eigenvalue weighted by Gasteiger charge is -2.30. The summed E-state index contributed by atoms with van der Waals surface area (Å²) in [6, 6.07) is -1.28. The second kappa shape index (κ2) is 8.40. The summed E-state index contributed by atoms with van der Waals surface area (Å²) in [6.45, 7) is 0.0535. The Balaban J connectivity index is 0.000000555. The number of halogens is 4. The molecule has 0 radical (unpaired) electrons. The maximum absolute atomic E-state index is 11.7. The molecule has 1 saturated heterocycles. The van der Waals surface area contributed by atoms with Crippen LogP contribution in [0.1, 0.15) is 6.42 Å². The van der Waals surface area contributed by atoms with Gasteiger partial charge in [-0.2, -0.15) is 13.2 Å². The number of hydrogen-bond donors (Lipinski definition) is 2. The molecule has 1 aliphatic heterocycles. The second-order valence-corrected chi connectivity index (χ2v) is 4.21. The van der Waals surface area contributed by atoms with Gasteiger partial charge in [0.25, 0.3) is 0 Å². The summed E-state index contributed by atoms with van der Waals surface area (Å²) >= 11 is -2.49. The predicted molar refractivity (Wildman–Crippen MR) is 54.3 cm³/mol. The molecule has 2 N–H and O–H groups in total. The van der Waals surface area contributed by atoms with Crippen molar-refractivity contribution in [2.24, 2.45) is 0 Å². The predicted octanol–water partition coefficient (Wildman–Crippen LogP) is -0.393. The summed E-state index contributed by atoms with van der Waals surface area (Å²) in [5.74, 6) is -2.05. The van der Waals surface area contributed by atoms with Crippen LogP contribution in [-0.2, 0) is 20.6 Å². The number of alkyl halides is 4. The molecule has 6 nitrogen and oxygen atoms in total. The minimum absolute atomic E-state index is 0.441. The molecular weight excluding hydrogens is 298 g/mol. The quantitative estimate of drug-likeness (QED) is 0.544. The third kappa shape index (κ3) is 8.08. The first-order valence-corrected chi connectivity index (χ1v) is 6.19. The normalized spacial score (nSPS) is 21.5. The van der Waals surface area contributed by atoms with Gasteiger partial charge in [0.1, 0.15) is 0 Å². The van der Waals surface area contributed by atoms with Gasteiger partial charge >= 0.3 is 12.1 Å². The molecule has 0 bridgehead atoms. The van der Waals surface area contributed by atoms with Gasteiger partial charge in [-0.15, -0.1) is 0 Å². The van der Waals surface area contributed by atoms with Crippen molar-refractivity contribution in [3.63, 3.8) is 0 Å². The van der Waals surface area contributed by atoms with Gasteiger partial charge < -0.3 is 19.7 Å². The van der Waals surface area contributed by atoms with E-state index in [0.29, 0.717) is 13.0 Å². The van der Waals surface area contributed by atoms with Crippen LogP contribution in [0, 0.1) is 0 Å². The number of carbonyl (C=O) groups excluding carboxylic acids is 1. The number of hydrogen-bond acceptors (Lipinski definition) is 5. The van der Waals surface area contributed by atoms with Crippen LogP contribution in [0.2, 0.25) is 0 Å². The Bertz CT molecular complexity index is 310. The standard InChI is InChI=1S/C7H10F3NO3.CH3FO2S/c8-7(9,10)6(13)11-3-4(12)5-1-2-14-5;2-1-5(3)4/h4-5,12H,1-3H2,(H,11,13);1H2,(H,3,4)/p-1. The van der Waals surface area contributed by atoms with E-state index in [1.807, 2.05) is 0 Å². The van der Waals surface area contributed by atoms with E-state index in [4.69, 9.17) is 13.5 Å². The minimum atomic E-state index is -4.90. The van der Waals surface area contributed by atoms with Crippen molar-refractivity contribution >= 4 is 17.0 Å². The SMILES string of the molecule is O=C(NCC(O)C1CCO1)C(F)(F)F.O=S([O-])CF. The highest BCUT2D eigenvalue weighted by atomic mass is 32.2. The highest BCUT2D eigenvalue weighted by molar-refractivity contribution is 7.78. The van der Waals surface area contributed by atoms with Crippen LogP contribution >= 0.6 is 0 Å². The fraction of sp³-hybridized carbons (Fsp3) is 0.875. The molecule has 11 heteroatoms. The first kappa shape index (κ1) is 18.2. The molecule has 1 heterocycles. The average Bonchev–Trinajstić information content (AvgIpc) is 2.22. The van der Waals surface area contributed by atoms with E-state index < -0.39 is 47.9 Å². The number of aliphatic hydroxyl groups excluding tert-OH is 1. The molecule has 1 aliphatic rings. The molecule has 0 aromatic rings. The lowest BCUT2D eigenvalue weighted by atomic mass is 10.1. The third-order valence-corrected chi connectivity index (χ3v) is 2.16. The van der Waals surface area contributed by atoms with E-state index in [1.165, 1.54) is 0 Å². The number of amides is 1. The van der Waals surface area contributed by atoms with Crippen LogP contribution in [0.25, 0.3) is 0 Å². The lowest BCUT2D eigenvalue weighted by molar-refractivity contribution is -0.175. The molecule has 1 rings (SSSR count). The zero-order valence-electron chi connectivity index (χ0n) is 9.48. The van der Waals surface area contributed by atoms with Crippen LogP contribution < -0.4 is 5.32 Å². The van der Waals surface area contributed by atoms with Gasteiger partial charge in [0.15, 0.2) is 6.01 Å². The van der Waals surface area contributed by atoms with E-state index >= 15 is 0 Å². The van der Waals surface area contributed by atoms with E-state index in [2.05, 4.69) is 0 Å². The summed E-state index contributed by atoms with van der Waals surface area (Å²) in [5.41, 5.74) is 0. The van der Waals surface area contributed by atoms with Crippen LogP contribution in [0.5, 0.6) is 0 Å². The number of ether oxygens (including phenoxy) is 1. The van der Waals surface area contributed by atoms with Crippen LogP contribution in [0.4, 0.5) is 17.6 Å². The smallest absolute Gasteiger partial charge is 0.471 e. The Hall–Kier alpha value is -0.780. The number of carbonyl (C=O) groups is 1. The Morgan fingerprint density at radius 1 is 1.58 bits per heavy atom. The van der Waals surface area contributed by atoms with Gasteiger partial charge in [0, 0.05) is 13.2 Å². The van der Waals surface area contributed by atoms with E-state index in [-0.39, 0.29) is 0 Å². The molecule has 1 amide bonds. The highest BCUT2D eigenvalue weighted by Crippen LogP contribution is 2.16. The van der Waals surface area contributed by atoms with E-state index in [0.717, 1.165) is 0 Å². The molecule has 0 spiro atoms. The largest absolute Gasteiger partial charge is 0.770 e. The molecule has 3 atom stereocenters. The van der Waals surface area contributed by atoms with Crippen molar-refractivity contribution in [3.8, 4) is 0 Å². The van der Waals surface area contributed by atoms with E-state index in [1.54, 1.807) is 5.32 Å². The molecule has 0 aliphatic carbocycles. The topological polar surface area (TPSA) is 98.7 Å². The van der Waals surface area contributed by atoms with Crippen LogP contribution in [-0.4, -0.2) is 57.3 Å². The summed E-state index contributed by atoms with van der Waals surface area (Å²) in [7, 11) is 0. The van der Waals surface area contributed by atoms with Crippen molar-refractivity contribution in [2.75, 3.05) is 19.2 Å². The van der Waals surface area contributed by atoms with Crippen LogP contribution in [0.15, 0.2) is 0 Å². The first-order chi connectivity index (χ1) is 8.68. The number of aliphatic hydroxyl groups is 1. The molecule has 0 aromatic carbocycles. The van der Waals surface area contributed by atoms with Crippen molar-refractivity contribution in [3.05, 3.63) is 0 Å². The fourth-order valence-corrected chi connectivity index (χ4v) is 0.986. The molecule has 0 saturated carbocycles. The molecule has 114 valence electrons. The zero-order chi connectivity index (χ0) is 15.1. The Morgan fingerprint density at radius 3 is 2.32 bits per heavy atom. The molecule has 1 fully saturated rings. The third-order valence-electron chi connectivity index (χ3n) is 1.98. The van der Waals surface area contributed by atoms with Gasteiger partial charge in [-0.1, -0.05) is 0 Å². The van der Waals surface area contributed by atoms with Crippen molar-refractivity contribution in [1.29, 1.82) is 0 Å². The molecule has 3 unspecified atom stereocenters. The van der Waals surface area contributed by atoms with Gasteiger partial charge in [-0.3, -0.25) is 9.00 Å². The highest BCUT2D eigenvalue weighted by Gasteiger charge is 2.39. The van der Waals surface area contributed by atoms with Gasteiger partial charge in [0.2, 0.25) is 0 Å². The lowest BCUT2D eigenvalue weighted by Crippen LogP contribution is -2.47. The summed E-state index contributed by atoms with van der Waals surface area (Å²) in [4.78, 5) is 10.3. The zero-order valence-corrected chi connectivity index (χ0v) is 10.3. The van der Waals surface area contributed by atoms with Crippen molar-refractivity contribution < 1.29 is 41.0 Å². The molecule has 19 heavy (non-hydrogen) atoms. The monoisotopic (exact) mass is 310 g/mol. The maximum atomic E-state index is 11.7. The fourth-order valence-electron chi connectivity index (χ4n) is 0.986. The average molecular weight is 310 g/mol. The van der Waals surface area contributed by atoms with Crippen molar-refractivity contribution in [1.82, 2.24) is 5.32 Å². The Morgan fingerprint density at radius 2 is 2.05 bits per heavy atom. The second-order valence-electron chi connectivity index (χ2n) is 3.39. The summed E-state index contributed by atoms with van der Waals surface area (Å²) in [6.07, 6.45) is -5.83. The molecular formula is C8H12F4NO5S-. The van der Waals surface area contributed by atoms with Gasteiger partial charge in [-0.25, -0.2) is 4.39 Å². The Labute approximate surface area is 108 Å².